The van der Waals surface area contributed by atoms with E-state index in [1.165, 1.54) is 4.31 Å². The molecule has 1 aliphatic heterocycles. The van der Waals surface area contributed by atoms with Crippen molar-refractivity contribution < 1.29 is 13.2 Å². The van der Waals surface area contributed by atoms with Gasteiger partial charge < -0.3 is 0 Å². The predicted molar refractivity (Wildman–Crippen MR) is 120 cm³/mol. The number of carbonyl (C=O) groups excluding carboxylic acids is 1. The van der Waals surface area contributed by atoms with E-state index in [4.69, 9.17) is 0 Å². The third kappa shape index (κ3) is 5.77. The summed E-state index contributed by atoms with van der Waals surface area (Å²) in [6.07, 6.45) is 2.54. The zero-order chi connectivity index (χ0) is 21.4. The van der Waals surface area contributed by atoms with Crippen molar-refractivity contribution in [2.24, 2.45) is 11.0 Å². The first-order chi connectivity index (χ1) is 14.5. The van der Waals surface area contributed by atoms with E-state index in [1.54, 1.807) is 0 Å². The lowest BCUT2D eigenvalue weighted by Gasteiger charge is -2.30. The topological polar surface area (TPSA) is 78.8 Å². The number of hydrazone groups is 1. The number of hydrogen-bond donors (Lipinski definition) is 1. The molecule has 0 unspecified atom stereocenters. The zero-order valence-electron chi connectivity index (χ0n) is 17.3. The van der Waals surface area contributed by atoms with Crippen LogP contribution in [-0.4, -0.2) is 43.2 Å². The second-order valence-electron chi connectivity index (χ2n) is 7.51. The molecule has 2 aromatic carbocycles. The van der Waals surface area contributed by atoms with Gasteiger partial charge in [-0.15, -0.1) is 0 Å². The fourth-order valence-corrected chi connectivity index (χ4v) is 5.22. The second kappa shape index (κ2) is 10.5. The molecular weight excluding hydrogens is 398 g/mol. The third-order valence-corrected chi connectivity index (χ3v) is 7.30. The molecule has 0 radical (unpaired) electrons. The molecule has 7 heteroatoms. The monoisotopic (exact) mass is 427 g/mol. The Hall–Kier alpha value is -2.51. The summed E-state index contributed by atoms with van der Waals surface area (Å²) in [6.45, 7) is 2.75. The van der Waals surface area contributed by atoms with Crippen molar-refractivity contribution in [3.8, 4) is 0 Å². The van der Waals surface area contributed by atoms with Crippen LogP contribution in [0.1, 0.15) is 43.7 Å². The van der Waals surface area contributed by atoms with E-state index in [0.29, 0.717) is 38.1 Å². The minimum Gasteiger partial charge on any atom is -0.273 e. The first kappa shape index (κ1) is 22.2. The van der Waals surface area contributed by atoms with Crippen LogP contribution in [0, 0.1) is 5.92 Å². The van der Waals surface area contributed by atoms with Crippen LogP contribution in [0.4, 0.5) is 0 Å². The summed E-state index contributed by atoms with van der Waals surface area (Å²) in [7, 11) is -3.22. The Labute approximate surface area is 179 Å². The van der Waals surface area contributed by atoms with Gasteiger partial charge in [0.2, 0.25) is 15.9 Å². The van der Waals surface area contributed by atoms with Gasteiger partial charge in [0.1, 0.15) is 0 Å². The molecule has 0 atom stereocenters. The van der Waals surface area contributed by atoms with E-state index >= 15 is 0 Å². The van der Waals surface area contributed by atoms with Gasteiger partial charge in [-0.25, -0.2) is 18.1 Å². The average molecular weight is 428 g/mol. The van der Waals surface area contributed by atoms with Gasteiger partial charge in [-0.1, -0.05) is 74.0 Å². The van der Waals surface area contributed by atoms with Gasteiger partial charge in [0, 0.05) is 30.1 Å². The largest absolute Gasteiger partial charge is 0.273 e. The number of unbranched alkanes of at least 4 members (excludes halogenated alkanes) is 1. The van der Waals surface area contributed by atoms with Gasteiger partial charge in [-0.2, -0.15) is 5.10 Å². The summed E-state index contributed by atoms with van der Waals surface area (Å²) in [5, 5.41) is 4.43. The van der Waals surface area contributed by atoms with Crippen molar-refractivity contribution >= 4 is 21.6 Å². The SMILES string of the molecule is CCCCS(=O)(=O)N1CCC(C(=O)NN=C(c2ccccc2)c2ccccc2)CC1. The lowest BCUT2D eigenvalue weighted by atomic mass is 9.97. The Morgan fingerprint density at radius 1 is 1.00 bits per heavy atom. The molecule has 0 spiro atoms. The summed E-state index contributed by atoms with van der Waals surface area (Å²) in [6, 6.07) is 19.4. The lowest BCUT2D eigenvalue weighted by Crippen LogP contribution is -2.43. The summed E-state index contributed by atoms with van der Waals surface area (Å²) in [5.74, 6) is -0.216. The molecule has 0 bridgehead atoms. The highest BCUT2D eigenvalue weighted by Crippen LogP contribution is 2.21. The molecule has 0 aromatic heterocycles. The molecule has 1 N–H and O–H groups in total. The molecule has 3 rings (SSSR count). The van der Waals surface area contributed by atoms with E-state index in [2.05, 4.69) is 10.5 Å². The Kier molecular flexibility index (Phi) is 7.76. The van der Waals surface area contributed by atoms with Crippen LogP contribution in [0.3, 0.4) is 0 Å². The van der Waals surface area contributed by atoms with Crippen molar-refractivity contribution in [2.45, 2.75) is 32.6 Å². The molecule has 6 nitrogen and oxygen atoms in total. The predicted octanol–water partition coefficient (Wildman–Crippen LogP) is 3.40. The van der Waals surface area contributed by atoms with Gasteiger partial charge in [0.25, 0.3) is 0 Å². The van der Waals surface area contributed by atoms with Crippen molar-refractivity contribution in [1.82, 2.24) is 9.73 Å². The zero-order valence-corrected chi connectivity index (χ0v) is 18.1. The number of carbonyl (C=O) groups is 1. The highest BCUT2D eigenvalue weighted by Gasteiger charge is 2.30. The number of rotatable bonds is 8. The highest BCUT2D eigenvalue weighted by atomic mass is 32.2. The third-order valence-electron chi connectivity index (χ3n) is 5.35. The van der Waals surface area contributed by atoms with Crippen LogP contribution in [0.5, 0.6) is 0 Å². The first-order valence-electron chi connectivity index (χ1n) is 10.5. The normalized spacial score (nSPS) is 15.5. The summed E-state index contributed by atoms with van der Waals surface area (Å²) in [5.41, 5.74) is 5.25. The van der Waals surface area contributed by atoms with E-state index in [9.17, 15) is 13.2 Å². The second-order valence-corrected chi connectivity index (χ2v) is 9.60. The molecule has 1 heterocycles. The Morgan fingerprint density at radius 3 is 2.03 bits per heavy atom. The van der Waals surface area contributed by atoms with E-state index in [1.807, 2.05) is 67.6 Å². The van der Waals surface area contributed by atoms with Gasteiger partial charge in [-0.3, -0.25) is 4.79 Å². The van der Waals surface area contributed by atoms with Gasteiger partial charge in [-0.05, 0) is 19.3 Å². The fourth-order valence-electron chi connectivity index (χ4n) is 3.54. The average Bonchev–Trinajstić information content (AvgIpc) is 2.79. The number of nitrogens with zero attached hydrogens (tertiary/aromatic N) is 2. The molecule has 1 fully saturated rings. The van der Waals surface area contributed by atoms with Crippen LogP contribution >= 0.6 is 0 Å². The molecular formula is C23H29N3O3S. The van der Waals surface area contributed by atoms with Crippen molar-refractivity contribution in [3.05, 3.63) is 71.8 Å². The van der Waals surface area contributed by atoms with Gasteiger partial charge in [0.05, 0.1) is 11.5 Å². The molecule has 1 saturated heterocycles. The van der Waals surface area contributed by atoms with Crippen LogP contribution in [0.25, 0.3) is 0 Å². The Morgan fingerprint density at radius 2 is 1.53 bits per heavy atom. The first-order valence-corrected chi connectivity index (χ1v) is 12.1. The van der Waals surface area contributed by atoms with Gasteiger partial charge >= 0.3 is 0 Å². The Bertz CT molecular complexity index is 910. The van der Waals surface area contributed by atoms with E-state index < -0.39 is 10.0 Å². The number of amides is 1. The van der Waals surface area contributed by atoms with Crippen LogP contribution in [0.15, 0.2) is 65.8 Å². The molecule has 1 amide bonds. The van der Waals surface area contributed by atoms with Crippen LogP contribution in [0.2, 0.25) is 0 Å². The van der Waals surface area contributed by atoms with Crippen molar-refractivity contribution in [3.63, 3.8) is 0 Å². The van der Waals surface area contributed by atoms with Gasteiger partial charge in [0.15, 0.2) is 0 Å². The smallest absolute Gasteiger partial charge is 0.243 e. The van der Waals surface area contributed by atoms with Crippen molar-refractivity contribution in [2.75, 3.05) is 18.8 Å². The lowest BCUT2D eigenvalue weighted by molar-refractivity contribution is -0.126. The highest BCUT2D eigenvalue weighted by molar-refractivity contribution is 7.89. The molecule has 0 aliphatic carbocycles. The standard InChI is InChI=1S/C23H29N3O3S/c1-2-3-18-30(28,29)26-16-14-21(15-17-26)23(27)25-24-22(19-10-6-4-7-11-19)20-12-8-5-9-13-20/h4-13,21H,2-3,14-18H2,1H3,(H,25,27). The number of sulfonamides is 1. The minimum absolute atomic E-state index is 0.162. The van der Waals surface area contributed by atoms with Crippen molar-refractivity contribution in [1.29, 1.82) is 0 Å². The van der Waals surface area contributed by atoms with E-state index in [-0.39, 0.29) is 17.6 Å². The van der Waals surface area contributed by atoms with E-state index in [0.717, 1.165) is 17.5 Å². The summed E-state index contributed by atoms with van der Waals surface area (Å²) in [4.78, 5) is 12.7. The van der Waals surface area contributed by atoms with Crippen LogP contribution < -0.4 is 5.43 Å². The molecule has 30 heavy (non-hydrogen) atoms. The summed E-state index contributed by atoms with van der Waals surface area (Å²) < 4.78 is 26.2. The molecule has 0 saturated carbocycles. The quantitative estimate of drug-likeness (QED) is 0.518. The fraction of sp³-hybridized carbons (Fsp3) is 0.391. The minimum atomic E-state index is -3.22. The molecule has 160 valence electrons. The van der Waals surface area contributed by atoms with Crippen LogP contribution in [-0.2, 0) is 14.8 Å². The number of piperidine rings is 1. The maximum Gasteiger partial charge on any atom is 0.243 e. The summed E-state index contributed by atoms with van der Waals surface area (Å²) >= 11 is 0. The molecule has 2 aromatic rings. The molecule has 1 aliphatic rings. The maximum absolute atomic E-state index is 12.7. The number of hydrogen-bond acceptors (Lipinski definition) is 4. The Balaban J connectivity index is 1.66. The number of benzene rings is 2. The maximum atomic E-state index is 12.7. The number of nitrogens with one attached hydrogen (secondary N) is 1.